The normalized spacial score (nSPS) is 15.7. The lowest BCUT2D eigenvalue weighted by Gasteiger charge is -2.37. The van der Waals surface area contributed by atoms with Crippen LogP contribution in [-0.2, 0) is 9.84 Å². The van der Waals surface area contributed by atoms with E-state index in [1.54, 1.807) is 13.1 Å². The van der Waals surface area contributed by atoms with Crippen molar-refractivity contribution < 1.29 is 8.42 Å². The number of sulfone groups is 1. The number of halogens is 1. The minimum Gasteiger partial charge on any atom is -0.357 e. The van der Waals surface area contributed by atoms with Crippen molar-refractivity contribution in [1.29, 1.82) is 0 Å². The van der Waals surface area contributed by atoms with E-state index in [4.69, 9.17) is 0 Å². The van der Waals surface area contributed by atoms with E-state index in [0.717, 1.165) is 44.5 Å². The van der Waals surface area contributed by atoms with Crippen molar-refractivity contribution in [3.05, 3.63) is 24.4 Å². The Morgan fingerprint density at radius 1 is 1.24 bits per heavy atom. The quantitative estimate of drug-likeness (QED) is 0.374. The largest absolute Gasteiger partial charge is 0.357 e. The number of piperazine rings is 1. The number of anilines is 1. The van der Waals surface area contributed by atoms with Gasteiger partial charge in [-0.15, -0.1) is 24.0 Å². The third-order valence-corrected chi connectivity index (χ3v) is 5.68. The van der Waals surface area contributed by atoms with Crippen LogP contribution in [0.15, 0.2) is 29.4 Å². The average molecular weight is 481 g/mol. The lowest BCUT2D eigenvalue weighted by molar-refractivity contribution is 0.372. The van der Waals surface area contributed by atoms with E-state index in [0.29, 0.717) is 6.54 Å². The molecule has 9 heteroatoms. The standard InChI is InChI=1S/C16H27N5O2S.HI/c1-3-17-16(19-9-14-24(22,23)4-2)21-12-10-20(11-13-21)15-7-5-6-8-18-15;/h5-8H,3-4,9-14H2,1-2H3,(H,17,19);1H. The molecule has 25 heavy (non-hydrogen) atoms. The Hall–Kier alpha value is -1.10. The number of hydrogen-bond acceptors (Lipinski definition) is 5. The number of hydrogen-bond donors (Lipinski definition) is 1. The maximum absolute atomic E-state index is 11.6. The van der Waals surface area contributed by atoms with Gasteiger partial charge in [-0.3, -0.25) is 4.99 Å². The van der Waals surface area contributed by atoms with Crippen molar-refractivity contribution in [2.45, 2.75) is 13.8 Å². The van der Waals surface area contributed by atoms with E-state index in [-0.39, 0.29) is 35.5 Å². The molecule has 7 nitrogen and oxygen atoms in total. The molecule has 1 aliphatic heterocycles. The van der Waals surface area contributed by atoms with Gasteiger partial charge in [0.2, 0.25) is 0 Å². The molecule has 1 fully saturated rings. The van der Waals surface area contributed by atoms with Crippen LogP contribution in [0.1, 0.15) is 13.8 Å². The lowest BCUT2D eigenvalue weighted by Crippen LogP contribution is -2.52. The van der Waals surface area contributed by atoms with Crippen LogP contribution in [0, 0.1) is 0 Å². The minimum atomic E-state index is -2.98. The van der Waals surface area contributed by atoms with E-state index in [1.165, 1.54) is 0 Å². The van der Waals surface area contributed by atoms with E-state index < -0.39 is 9.84 Å². The van der Waals surface area contributed by atoms with Crippen LogP contribution in [0.4, 0.5) is 5.82 Å². The molecule has 0 radical (unpaired) electrons. The maximum Gasteiger partial charge on any atom is 0.194 e. The molecule has 0 amide bonds. The van der Waals surface area contributed by atoms with Gasteiger partial charge >= 0.3 is 0 Å². The van der Waals surface area contributed by atoms with Gasteiger partial charge < -0.3 is 15.1 Å². The highest BCUT2D eigenvalue weighted by Gasteiger charge is 2.20. The highest BCUT2D eigenvalue weighted by atomic mass is 127. The summed E-state index contributed by atoms with van der Waals surface area (Å²) < 4.78 is 23.2. The summed E-state index contributed by atoms with van der Waals surface area (Å²) in [5.74, 6) is 2.06. The van der Waals surface area contributed by atoms with Gasteiger partial charge in [0.05, 0.1) is 12.3 Å². The number of nitrogens with one attached hydrogen (secondary N) is 1. The van der Waals surface area contributed by atoms with Gasteiger partial charge in [-0.1, -0.05) is 13.0 Å². The summed E-state index contributed by atoms with van der Waals surface area (Å²) in [4.78, 5) is 13.3. The Balaban J connectivity index is 0.00000312. The molecule has 1 aliphatic rings. The van der Waals surface area contributed by atoms with Crippen molar-refractivity contribution in [2.75, 3.05) is 55.7 Å². The topological polar surface area (TPSA) is 77.9 Å². The van der Waals surface area contributed by atoms with E-state index in [1.807, 2.05) is 25.1 Å². The predicted octanol–water partition coefficient (Wildman–Crippen LogP) is 1.22. The summed E-state index contributed by atoms with van der Waals surface area (Å²) in [6, 6.07) is 5.93. The zero-order valence-electron chi connectivity index (χ0n) is 14.9. The number of aliphatic imine (C=N–C) groups is 1. The first-order valence-electron chi connectivity index (χ1n) is 8.45. The SMILES string of the molecule is CCNC(=NCCS(=O)(=O)CC)N1CCN(c2ccccn2)CC1.I. The van der Waals surface area contributed by atoms with E-state index >= 15 is 0 Å². The molecule has 0 bridgehead atoms. The molecule has 2 heterocycles. The Bertz CT molecular complexity index is 631. The van der Waals surface area contributed by atoms with Crippen molar-refractivity contribution in [1.82, 2.24) is 15.2 Å². The second kappa shape index (κ2) is 10.8. The summed E-state index contributed by atoms with van der Waals surface area (Å²) >= 11 is 0. The predicted molar refractivity (Wildman–Crippen MR) is 114 cm³/mol. The molecule has 1 aromatic heterocycles. The Kier molecular flexibility index (Phi) is 9.47. The van der Waals surface area contributed by atoms with Crippen LogP contribution in [0.3, 0.4) is 0 Å². The summed E-state index contributed by atoms with van der Waals surface area (Å²) in [6.45, 7) is 8.16. The summed E-state index contributed by atoms with van der Waals surface area (Å²) in [7, 11) is -2.98. The third-order valence-electron chi connectivity index (χ3n) is 3.99. The molecule has 0 atom stereocenters. The van der Waals surface area contributed by atoms with Crippen molar-refractivity contribution in [3.63, 3.8) is 0 Å². The molecule has 0 aliphatic carbocycles. The summed E-state index contributed by atoms with van der Waals surface area (Å²) in [6.07, 6.45) is 1.81. The van der Waals surface area contributed by atoms with Crippen molar-refractivity contribution in [2.24, 2.45) is 4.99 Å². The number of pyridine rings is 1. The second-order valence-corrected chi connectivity index (χ2v) is 8.11. The number of nitrogens with zero attached hydrogens (tertiary/aromatic N) is 4. The van der Waals surface area contributed by atoms with Crippen LogP contribution in [-0.4, -0.2) is 75.0 Å². The van der Waals surface area contributed by atoms with Crippen molar-refractivity contribution in [3.8, 4) is 0 Å². The Morgan fingerprint density at radius 2 is 1.96 bits per heavy atom. The van der Waals surface area contributed by atoms with Gasteiger partial charge in [0.25, 0.3) is 0 Å². The smallest absolute Gasteiger partial charge is 0.194 e. The minimum absolute atomic E-state index is 0. The third kappa shape index (κ3) is 6.96. The van der Waals surface area contributed by atoms with Gasteiger partial charge in [-0.2, -0.15) is 0 Å². The molecule has 0 saturated carbocycles. The maximum atomic E-state index is 11.6. The van der Waals surface area contributed by atoms with Crippen LogP contribution >= 0.6 is 24.0 Å². The molecule has 1 aromatic rings. The first-order valence-corrected chi connectivity index (χ1v) is 10.3. The first-order chi connectivity index (χ1) is 11.6. The number of guanidine groups is 1. The van der Waals surface area contributed by atoms with Gasteiger partial charge in [0.15, 0.2) is 15.8 Å². The lowest BCUT2D eigenvalue weighted by atomic mass is 10.3. The van der Waals surface area contributed by atoms with E-state index in [9.17, 15) is 8.42 Å². The van der Waals surface area contributed by atoms with Gasteiger partial charge in [-0.05, 0) is 19.1 Å². The molecular weight excluding hydrogens is 453 g/mol. The zero-order chi connectivity index (χ0) is 17.4. The van der Waals surface area contributed by atoms with Crippen LogP contribution in [0.5, 0.6) is 0 Å². The average Bonchev–Trinajstić information content (AvgIpc) is 2.62. The second-order valence-electron chi connectivity index (χ2n) is 5.63. The molecule has 1 saturated heterocycles. The molecule has 1 N–H and O–H groups in total. The van der Waals surface area contributed by atoms with Gasteiger partial charge in [0, 0.05) is 44.7 Å². The summed E-state index contributed by atoms with van der Waals surface area (Å²) in [5.41, 5.74) is 0. The fourth-order valence-electron chi connectivity index (χ4n) is 2.55. The molecule has 142 valence electrons. The Morgan fingerprint density at radius 3 is 2.52 bits per heavy atom. The fraction of sp³-hybridized carbons (Fsp3) is 0.625. The fourth-order valence-corrected chi connectivity index (χ4v) is 3.21. The van der Waals surface area contributed by atoms with Crippen LogP contribution in [0.2, 0.25) is 0 Å². The Labute approximate surface area is 167 Å². The van der Waals surface area contributed by atoms with Crippen LogP contribution in [0.25, 0.3) is 0 Å². The highest BCUT2D eigenvalue weighted by Crippen LogP contribution is 2.12. The molecule has 2 rings (SSSR count). The number of aromatic nitrogens is 1. The van der Waals surface area contributed by atoms with Crippen LogP contribution < -0.4 is 10.2 Å². The van der Waals surface area contributed by atoms with Gasteiger partial charge in [-0.25, -0.2) is 13.4 Å². The monoisotopic (exact) mass is 481 g/mol. The van der Waals surface area contributed by atoms with E-state index in [2.05, 4.69) is 25.1 Å². The highest BCUT2D eigenvalue weighted by molar-refractivity contribution is 14.0. The van der Waals surface area contributed by atoms with Gasteiger partial charge in [0.1, 0.15) is 5.82 Å². The molecule has 0 aromatic carbocycles. The molecule has 0 unspecified atom stereocenters. The number of rotatable bonds is 6. The zero-order valence-corrected chi connectivity index (χ0v) is 18.0. The first kappa shape index (κ1) is 21.9. The molecule has 0 spiro atoms. The van der Waals surface area contributed by atoms with Crippen molar-refractivity contribution >= 4 is 45.6 Å². The summed E-state index contributed by atoms with van der Waals surface area (Å²) in [5, 5.41) is 3.26. The molecular formula is C16H28IN5O2S.